The predicted octanol–water partition coefficient (Wildman–Crippen LogP) is 0.890. The molecule has 0 aliphatic carbocycles. The molecule has 0 saturated carbocycles. The van der Waals surface area contributed by atoms with Crippen molar-refractivity contribution < 1.29 is 17.9 Å². The molecule has 142 valence electrons. The molecule has 1 aliphatic heterocycles. The quantitative estimate of drug-likeness (QED) is 0.613. The molecule has 2 rings (SSSR count). The highest BCUT2D eigenvalue weighted by Crippen LogP contribution is 2.17. The normalized spacial score (nSPS) is 17.6. The number of hydrogen-bond acceptors (Lipinski definition) is 6. The molecule has 9 heteroatoms. The van der Waals surface area contributed by atoms with E-state index in [9.17, 15) is 13.2 Å². The van der Waals surface area contributed by atoms with Gasteiger partial charge in [0.05, 0.1) is 13.2 Å². The first-order valence-corrected chi connectivity index (χ1v) is 10.9. The van der Waals surface area contributed by atoms with Crippen LogP contribution in [0.5, 0.6) is 0 Å². The summed E-state index contributed by atoms with van der Waals surface area (Å²) < 4.78 is 32.8. The van der Waals surface area contributed by atoms with E-state index < -0.39 is 16.1 Å². The molecule has 1 amide bonds. The minimum absolute atomic E-state index is 0.144. The molecule has 0 unspecified atom stereocenters. The van der Waals surface area contributed by atoms with Crippen molar-refractivity contribution >= 4 is 27.3 Å². The molecule has 1 aliphatic rings. The SMILES string of the molecule is CC(C)[C@H](NS(=O)(=O)c1cccs1)C(=O)NCCCN1CCOCC1. The first-order chi connectivity index (χ1) is 11.9. The smallest absolute Gasteiger partial charge is 0.250 e. The van der Waals surface area contributed by atoms with Gasteiger partial charge in [0.25, 0.3) is 10.0 Å². The van der Waals surface area contributed by atoms with Crippen LogP contribution >= 0.6 is 11.3 Å². The molecule has 1 fully saturated rings. The van der Waals surface area contributed by atoms with Gasteiger partial charge in [0.1, 0.15) is 10.3 Å². The molecular weight excluding hydrogens is 362 g/mol. The van der Waals surface area contributed by atoms with Crippen LogP contribution in [0.3, 0.4) is 0 Å². The third-order valence-electron chi connectivity index (χ3n) is 4.05. The molecule has 0 radical (unpaired) electrons. The van der Waals surface area contributed by atoms with E-state index in [1.807, 2.05) is 13.8 Å². The van der Waals surface area contributed by atoms with Gasteiger partial charge in [-0.15, -0.1) is 11.3 Å². The molecule has 0 aromatic carbocycles. The molecule has 1 aromatic heterocycles. The summed E-state index contributed by atoms with van der Waals surface area (Å²) in [5, 5.41) is 4.55. The molecule has 1 aromatic rings. The molecule has 1 saturated heterocycles. The fraction of sp³-hybridized carbons (Fsp3) is 0.688. The number of carbonyl (C=O) groups is 1. The highest BCUT2D eigenvalue weighted by molar-refractivity contribution is 7.91. The zero-order valence-corrected chi connectivity index (χ0v) is 16.4. The molecule has 2 heterocycles. The number of hydrogen-bond donors (Lipinski definition) is 2. The van der Waals surface area contributed by atoms with E-state index in [0.717, 1.165) is 50.6 Å². The maximum absolute atomic E-state index is 12.4. The van der Waals surface area contributed by atoms with Crippen LogP contribution in [-0.4, -0.2) is 64.7 Å². The van der Waals surface area contributed by atoms with Crippen LogP contribution in [0.25, 0.3) is 0 Å². The van der Waals surface area contributed by atoms with Gasteiger partial charge in [0.2, 0.25) is 5.91 Å². The molecule has 0 bridgehead atoms. The second kappa shape index (κ2) is 9.63. The van der Waals surface area contributed by atoms with Crippen LogP contribution in [0.1, 0.15) is 20.3 Å². The largest absolute Gasteiger partial charge is 0.379 e. The number of ether oxygens (including phenoxy) is 1. The standard InChI is InChI=1S/C16H27N3O4S2/c1-13(2)15(18-25(21,22)14-5-3-12-24-14)16(20)17-6-4-7-19-8-10-23-11-9-19/h3,5,12-13,15,18H,4,6-11H2,1-2H3,(H,17,20)/t15-/m0/s1. The third kappa shape index (κ3) is 6.34. The van der Waals surface area contributed by atoms with Crippen LogP contribution < -0.4 is 10.0 Å². The lowest BCUT2D eigenvalue weighted by atomic mass is 10.1. The van der Waals surface area contributed by atoms with Gasteiger partial charge in [0, 0.05) is 19.6 Å². The number of nitrogens with one attached hydrogen (secondary N) is 2. The zero-order chi connectivity index (χ0) is 18.3. The third-order valence-corrected chi connectivity index (χ3v) is 6.88. The average molecular weight is 390 g/mol. The summed E-state index contributed by atoms with van der Waals surface area (Å²) in [6, 6.07) is 2.43. The predicted molar refractivity (Wildman–Crippen MR) is 98.2 cm³/mol. The molecule has 2 N–H and O–H groups in total. The Balaban J connectivity index is 1.81. The highest BCUT2D eigenvalue weighted by atomic mass is 32.2. The zero-order valence-electron chi connectivity index (χ0n) is 14.7. The van der Waals surface area contributed by atoms with Gasteiger partial charge in [-0.25, -0.2) is 8.42 Å². The lowest BCUT2D eigenvalue weighted by Gasteiger charge is -2.26. The maximum atomic E-state index is 12.4. The summed E-state index contributed by atoms with van der Waals surface area (Å²) in [6.07, 6.45) is 0.828. The van der Waals surface area contributed by atoms with Crippen molar-refractivity contribution in [3.05, 3.63) is 17.5 Å². The number of carbonyl (C=O) groups excluding carboxylic acids is 1. The van der Waals surface area contributed by atoms with Crippen LogP contribution in [0.4, 0.5) is 0 Å². The number of sulfonamides is 1. The Hall–Kier alpha value is -1.00. The van der Waals surface area contributed by atoms with Crippen molar-refractivity contribution in [2.24, 2.45) is 5.92 Å². The van der Waals surface area contributed by atoms with Crippen molar-refractivity contribution in [2.45, 2.75) is 30.5 Å². The Labute approximate surface area is 153 Å². The monoisotopic (exact) mass is 389 g/mol. The summed E-state index contributed by atoms with van der Waals surface area (Å²) in [5.41, 5.74) is 0. The molecule has 0 spiro atoms. The summed E-state index contributed by atoms with van der Waals surface area (Å²) in [5.74, 6) is -0.425. The Morgan fingerprint density at radius 1 is 1.36 bits per heavy atom. The number of morpholine rings is 1. The summed E-state index contributed by atoms with van der Waals surface area (Å²) >= 11 is 1.13. The molecule has 7 nitrogen and oxygen atoms in total. The fourth-order valence-corrected chi connectivity index (χ4v) is 4.94. The van der Waals surface area contributed by atoms with Crippen molar-refractivity contribution in [1.82, 2.24) is 14.9 Å². The maximum Gasteiger partial charge on any atom is 0.250 e. The van der Waals surface area contributed by atoms with Crippen LogP contribution in [0, 0.1) is 5.92 Å². The van der Waals surface area contributed by atoms with Gasteiger partial charge in [-0.2, -0.15) is 4.72 Å². The second-order valence-corrected chi connectivity index (χ2v) is 9.26. The first-order valence-electron chi connectivity index (χ1n) is 8.54. The Morgan fingerprint density at radius 2 is 2.08 bits per heavy atom. The van der Waals surface area contributed by atoms with E-state index in [1.165, 1.54) is 6.07 Å². The second-order valence-electron chi connectivity index (χ2n) is 6.37. The minimum atomic E-state index is -3.67. The molecule has 25 heavy (non-hydrogen) atoms. The van der Waals surface area contributed by atoms with E-state index in [-0.39, 0.29) is 16.0 Å². The van der Waals surface area contributed by atoms with Gasteiger partial charge >= 0.3 is 0 Å². The topological polar surface area (TPSA) is 87.7 Å². The summed E-state index contributed by atoms with van der Waals surface area (Å²) in [6.45, 7) is 8.44. The number of rotatable bonds is 9. The number of nitrogens with zero attached hydrogens (tertiary/aromatic N) is 1. The van der Waals surface area contributed by atoms with Gasteiger partial charge in [0.15, 0.2) is 0 Å². The molecule has 1 atom stereocenters. The summed E-state index contributed by atoms with van der Waals surface area (Å²) in [4.78, 5) is 14.7. The van der Waals surface area contributed by atoms with E-state index in [0.29, 0.717) is 6.54 Å². The minimum Gasteiger partial charge on any atom is -0.379 e. The van der Waals surface area contributed by atoms with Crippen molar-refractivity contribution in [3.8, 4) is 0 Å². The Bertz CT molecular complexity index is 626. The number of amides is 1. The van der Waals surface area contributed by atoms with Crippen molar-refractivity contribution in [3.63, 3.8) is 0 Å². The van der Waals surface area contributed by atoms with Gasteiger partial charge in [-0.05, 0) is 30.3 Å². The lowest BCUT2D eigenvalue weighted by molar-refractivity contribution is -0.123. The van der Waals surface area contributed by atoms with Gasteiger partial charge in [-0.3, -0.25) is 9.69 Å². The van der Waals surface area contributed by atoms with E-state index in [4.69, 9.17) is 4.74 Å². The van der Waals surface area contributed by atoms with Crippen LogP contribution in [0.2, 0.25) is 0 Å². The Kier molecular flexibility index (Phi) is 7.82. The average Bonchev–Trinajstić information content (AvgIpc) is 3.13. The van der Waals surface area contributed by atoms with Crippen LogP contribution in [0.15, 0.2) is 21.7 Å². The van der Waals surface area contributed by atoms with E-state index >= 15 is 0 Å². The van der Waals surface area contributed by atoms with E-state index in [2.05, 4.69) is 14.9 Å². The number of thiophene rings is 1. The fourth-order valence-electron chi connectivity index (χ4n) is 2.58. The van der Waals surface area contributed by atoms with Gasteiger partial charge in [-0.1, -0.05) is 19.9 Å². The van der Waals surface area contributed by atoms with Crippen LogP contribution in [-0.2, 0) is 19.6 Å². The molecular formula is C16H27N3O4S2. The van der Waals surface area contributed by atoms with E-state index in [1.54, 1.807) is 11.4 Å². The van der Waals surface area contributed by atoms with Gasteiger partial charge < -0.3 is 10.1 Å². The highest BCUT2D eigenvalue weighted by Gasteiger charge is 2.28. The van der Waals surface area contributed by atoms with Crippen molar-refractivity contribution in [1.29, 1.82) is 0 Å². The first kappa shape index (κ1) is 20.3. The lowest BCUT2D eigenvalue weighted by Crippen LogP contribution is -2.49. The summed E-state index contributed by atoms with van der Waals surface area (Å²) in [7, 11) is -3.67. The Morgan fingerprint density at radius 3 is 2.68 bits per heavy atom. The van der Waals surface area contributed by atoms with Crippen molar-refractivity contribution in [2.75, 3.05) is 39.4 Å².